The minimum absolute atomic E-state index is 0.170. The Morgan fingerprint density at radius 3 is 1.31 bits per heavy atom. The number of hydrogen-bond donors (Lipinski definition) is 0. The summed E-state index contributed by atoms with van der Waals surface area (Å²) >= 11 is 0. The second-order valence-corrected chi connectivity index (χ2v) is 18.2. The van der Waals surface area contributed by atoms with Gasteiger partial charge in [-0.2, -0.15) is 0 Å². The first-order valence-corrected chi connectivity index (χ1v) is 22.1. The Morgan fingerprint density at radius 2 is 0.770 bits per heavy atom. The van der Waals surface area contributed by atoms with Crippen molar-refractivity contribution in [2.45, 2.75) is 15.5 Å². The van der Waals surface area contributed by atoms with Gasteiger partial charge in [0.05, 0.1) is 22.1 Å². The lowest BCUT2D eigenvalue weighted by atomic mass is 9.81. The summed E-state index contributed by atoms with van der Waals surface area (Å²) in [6.07, 6.45) is 0. The van der Waals surface area contributed by atoms with Crippen molar-refractivity contribution in [1.82, 2.24) is 9.13 Å². The Balaban J connectivity index is 1.23. The minimum Gasteiger partial charge on any atom is -0.455 e. The van der Waals surface area contributed by atoms with Crippen LogP contribution in [0.4, 0.5) is 0 Å². The highest BCUT2D eigenvalue weighted by molar-refractivity contribution is 7.91. The first-order valence-electron chi connectivity index (χ1n) is 20.6. The summed E-state index contributed by atoms with van der Waals surface area (Å²) < 4.78 is 40.8. The van der Waals surface area contributed by atoms with Crippen LogP contribution in [0.3, 0.4) is 0 Å². The topological polar surface area (TPSA) is 53.2 Å². The van der Waals surface area contributed by atoms with Gasteiger partial charge in [-0.25, -0.2) is 8.42 Å². The summed E-state index contributed by atoms with van der Waals surface area (Å²) in [4.78, 5) is 0.347. The Hall–Kier alpha value is -7.67. The van der Waals surface area contributed by atoms with Gasteiger partial charge in [-0.05, 0) is 93.0 Å². The first kappa shape index (κ1) is 33.2. The maximum Gasteiger partial charge on any atom is 0.213 e. The standard InChI is InChI=1S/C55H32N2O3S/c58-61(59)51-30-12-11-29-49(51)60-50-31-41-34-16-2-1-15-33(34)39-21-13-23-43-53(39)54-40(42(41)32-52(50)61)22-14-24-44(54)55(43,56-45-25-7-3-17-35(45)36-18-4-8-26-46(36)56)57-47-27-9-5-19-37(47)38-20-6-10-28-48(38)57/h1-32H. The minimum atomic E-state index is -3.92. The van der Waals surface area contributed by atoms with Crippen LogP contribution in [0.15, 0.2) is 204 Å². The number of ether oxygens (including phenoxy) is 1. The Kier molecular flexibility index (Phi) is 6.28. The van der Waals surface area contributed by atoms with Crippen LogP contribution in [0, 0.1) is 0 Å². The van der Waals surface area contributed by atoms with E-state index in [4.69, 9.17) is 4.74 Å². The van der Waals surface area contributed by atoms with E-state index in [1.54, 1.807) is 18.2 Å². The summed E-state index contributed by atoms with van der Waals surface area (Å²) in [6, 6.07) is 67.8. The van der Waals surface area contributed by atoms with E-state index in [-0.39, 0.29) is 9.79 Å². The maximum absolute atomic E-state index is 14.6. The van der Waals surface area contributed by atoms with Crippen LogP contribution in [-0.2, 0) is 15.5 Å². The predicted octanol–water partition coefficient (Wildman–Crippen LogP) is 13.4. The van der Waals surface area contributed by atoms with E-state index in [1.807, 2.05) is 18.2 Å². The predicted molar refractivity (Wildman–Crippen MR) is 244 cm³/mol. The third-order valence-electron chi connectivity index (χ3n) is 13.5. The lowest BCUT2D eigenvalue weighted by Crippen LogP contribution is -2.41. The molecule has 0 saturated carbocycles. The van der Waals surface area contributed by atoms with Crippen LogP contribution in [0.1, 0.15) is 11.1 Å². The molecule has 2 aromatic heterocycles. The number of aromatic nitrogens is 2. The number of sulfone groups is 1. The molecule has 0 fully saturated rings. The van der Waals surface area contributed by atoms with Crippen molar-refractivity contribution in [3.63, 3.8) is 0 Å². The van der Waals surface area contributed by atoms with Crippen LogP contribution in [-0.4, -0.2) is 17.6 Å². The molecule has 0 bridgehead atoms. The SMILES string of the molecule is O=S1(=O)c2ccccc2Oc2cc3c(cc21)-c1cccc2c1-c1c(cccc1C2(n1c2ccccc2c2ccccc21)n1c2ccccc2c2ccccc21)-c1ccccc1-3. The van der Waals surface area contributed by atoms with E-state index in [2.05, 4.69) is 167 Å². The molecular formula is C55H32N2O3S. The number of para-hydroxylation sites is 5. The molecular weight excluding hydrogens is 769 g/mol. The fourth-order valence-corrected chi connectivity index (χ4v) is 12.7. The first-order chi connectivity index (χ1) is 30.0. The van der Waals surface area contributed by atoms with Crippen molar-refractivity contribution >= 4 is 53.4 Å². The maximum atomic E-state index is 14.6. The highest BCUT2D eigenvalue weighted by Crippen LogP contribution is 2.62. The molecule has 0 amide bonds. The molecule has 0 unspecified atom stereocenters. The molecule has 1 aliphatic heterocycles. The van der Waals surface area contributed by atoms with E-state index >= 15 is 0 Å². The second kappa shape index (κ2) is 11.5. The van der Waals surface area contributed by atoms with Crippen LogP contribution in [0.2, 0.25) is 0 Å². The zero-order chi connectivity index (χ0) is 40.2. The quantitative estimate of drug-likeness (QED) is 0.175. The van der Waals surface area contributed by atoms with Gasteiger partial charge in [0, 0.05) is 32.7 Å². The molecule has 6 heteroatoms. The van der Waals surface area contributed by atoms with Gasteiger partial charge >= 0.3 is 0 Å². The molecule has 0 radical (unpaired) electrons. The number of nitrogens with zero attached hydrogens (tertiary/aromatic N) is 2. The summed E-state index contributed by atoms with van der Waals surface area (Å²) in [6.45, 7) is 0. The van der Waals surface area contributed by atoms with Crippen molar-refractivity contribution in [3.05, 3.63) is 205 Å². The van der Waals surface area contributed by atoms with E-state index in [9.17, 15) is 8.42 Å². The van der Waals surface area contributed by atoms with Crippen molar-refractivity contribution < 1.29 is 13.2 Å². The van der Waals surface area contributed by atoms with Gasteiger partial charge in [-0.1, -0.05) is 146 Å². The van der Waals surface area contributed by atoms with Gasteiger partial charge in [0.15, 0.2) is 5.66 Å². The molecule has 0 atom stereocenters. The molecule has 286 valence electrons. The molecule has 2 aliphatic carbocycles. The molecule has 14 rings (SSSR count). The van der Waals surface area contributed by atoms with Gasteiger partial charge in [0.1, 0.15) is 21.3 Å². The largest absolute Gasteiger partial charge is 0.455 e. The molecule has 9 aromatic carbocycles. The summed E-state index contributed by atoms with van der Waals surface area (Å²) in [5, 5.41) is 4.71. The number of fused-ring (bicyclic) bond motifs is 13. The number of benzene rings is 9. The molecule has 61 heavy (non-hydrogen) atoms. The highest BCUT2D eigenvalue weighted by Gasteiger charge is 2.51. The highest BCUT2D eigenvalue weighted by atomic mass is 32.2. The molecule has 11 aromatic rings. The number of hydrogen-bond acceptors (Lipinski definition) is 3. The molecule has 3 aliphatic rings. The fraction of sp³-hybridized carbons (Fsp3) is 0.0182. The Bertz CT molecular complexity index is 3670. The third-order valence-corrected chi connectivity index (χ3v) is 15.3. The van der Waals surface area contributed by atoms with Crippen LogP contribution < -0.4 is 4.74 Å². The van der Waals surface area contributed by atoms with Gasteiger partial charge in [-0.3, -0.25) is 0 Å². The van der Waals surface area contributed by atoms with Gasteiger partial charge < -0.3 is 13.9 Å². The van der Waals surface area contributed by atoms with Crippen LogP contribution in [0.5, 0.6) is 11.5 Å². The van der Waals surface area contributed by atoms with Gasteiger partial charge in [-0.15, -0.1) is 0 Å². The van der Waals surface area contributed by atoms with E-state index in [0.717, 1.165) is 77.7 Å². The van der Waals surface area contributed by atoms with Crippen molar-refractivity contribution in [3.8, 4) is 56.0 Å². The Morgan fingerprint density at radius 1 is 0.361 bits per heavy atom. The lowest BCUT2D eigenvalue weighted by molar-refractivity contribution is 0.416. The summed E-state index contributed by atoms with van der Waals surface area (Å²) in [7, 11) is -3.92. The van der Waals surface area contributed by atoms with E-state index in [1.165, 1.54) is 21.5 Å². The Labute approximate surface area is 350 Å². The summed E-state index contributed by atoms with van der Waals surface area (Å²) in [5.74, 6) is 0.672. The zero-order valence-corrected chi connectivity index (χ0v) is 33.3. The van der Waals surface area contributed by atoms with Crippen LogP contribution >= 0.6 is 0 Å². The van der Waals surface area contributed by atoms with Crippen molar-refractivity contribution in [2.24, 2.45) is 0 Å². The van der Waals surface area contributed by atoms with Gasteiger partial charge in [0.25, 0.3) is 0 Å². The molecule has 5 nitrogen and oxygen atoms in total. The molecule has 0 N–H and O–H groups in total. The van der Waals surface area contributed by atoms with Crippen molar-refractivity contribution in [1.29, 1.82) is 0 Å². The normalized spacial score (nSPS) is 14.8. The van der Waals surface area contributed by atoms with E-state index < -0.39 is 15.5 Å². The monoisotopic (exact) mass is 800 g/mol. The summed E-state index contributed by atoms with van der Waals surface area (Å²) in [5.41, 5.74) is 13.9. The van der Waals surface area contributed by atoms with Gasteiger partial charge in [0.2, 0.25) is 9.84 Å². The average molecular weight is 801 g/mol. The molecule has 0 saturated heterocycles. The smallest absolute Gasteiger partial charge is 0.213 e. The fourth-order valence-electron chi connectivity index (χ4n) is 11.2. The zero-order valence-electron chi connectivity index (χ0n) is 32.5. The lowest BCUT2D eigenvalue weighted by Gasteiger charge is -2.39. The average Bonchev–Trinajstić information content (AvgIpc) is 3.93. The van der Waals surface area contributed by atoms with E-state index in [0.29, 0.717) is 11.5 Å². The molecule has 3 heterocycles. The van der Waals surface area contributed by atoms with Crippen LogP contribution in [0.25, 0.3) is 88.1 Å². The third kappa shape index (κ3) is 3.99. The number of rotatable bonds is 2. The molecule has 0 spiro atoms. The second-order valence-electron chi connectivity index (χ2n) is 16.3. The van der Waals surface area contributed by atoms with Crippen molar-refractivity contribution in [2.75, 3.05) is 0 Å².